The van der Waals surface area contributed by atoms with Crippen LogP contribution < -0.4 is 5.32 Å². The number of hydrogen-bond acceptors (Lipinski definition) is 2. The Morgan fingerprint density at radius 1 is 1.13 bits per heavy atom. The van der Waals surface area contributed by atoms with Gasteiger partial charge in [0.15, 0.2) is 0 Å². The van der Waals surface area contributed by atoms with Gasteiger partial charge in [-0.25, -0.2) is 4.39 Å². The second-order valence-corrected chi connectivity index (χ2v) is 8.85. The van der Waals surface area contributed by atoms with Crippen LogP contribution >= 0.6 is 11.6 Å². The number of amides is 1. The summed E-state index contributed by atoms with van der Waals surface area (Å²) in [4.78, 5) is 16.8. The summed E-state index contributed by atoms with van der Waals surface area (Å²) in [5, 5.41) is 4.52. The highest BCUT2D eigenvalue weighted by atomic mass is 35.5. The number of pyridine rings is 1. The zero-order valence-corrected chi connectivity index (χ0v) is 17.2. The number of nitrogens with zero attached hydrogens (tertiary/aromatic N) is 1. The Morgan fingerprint density at radius 3 is 2.77 bits per heavy atom. The molecule has 30 heavy (non-hydrogen) atoms. The molecule has 1 N–H and O–H groups in total. The third kappa shape index (κ3) is 3.84. The van der Waals surface area contributed by atoms with E-state index in [4.69, 9.17) is 11.6 Å². The van der Waals surface area contributed by atoms with Gasteiger partial charge in [0, 0.05) is 28.7 Å². The Morgan fingerprint density at radius 2 is 1.97 bits per heavy atom. The lowest BCUT2D eigenvalue weighted by Crippen LogP contribution is -2.12. The standard InChI is InChI=1S/C25H22ClFN2O/c26-19-1-4-21(5-2-19)29-25(30)11-15-9-16-12-18(13-17(16)10-15)22-7-8-28-24-6-3-20(27)14-23(22)24/h1-9,14,16-18H,10-13H2,(H,29,30)/t16-,17?,18+/m0/s1. The van der Waals surface area contributed by atoms with Gasteiger partial charge in [0.05, 0.1) is 5.52 Å². The van der Waals surface area contributed by atoms with Gasteiger partial charge in [-0.05, 0) is 91.1 Å². The number of allylic oxidation sites excluding steroid dienone is 1. The summed E-state index contributed by atoms with van der Waals surface area (Å²) in [5.41, 5.74) is 4.03. The molecule has 0 aliphatic heterocycles. The van der Waals surface area contributed by atoms with Crippen molar-refractivity contribution in [1.82, 2.24) is 4.98 Å². The number of aromatic nitrogens is 1. The molecule has 1 unspecified atom stereocenters. The molecule has 0 spiro atoms. The predicted octanol–water partition coefficient (Wildman–Crippen LogP) is 6.50. The van der Waals surface area contributed by atoms with Crippen molar-refractivity contribution < 1.29 is 9.18 Å². The van der Waals surface area contributed by atoms with Crippen LogP contribution in [-0.4, -0.2) is 10.9 Å². The highest BCUT2D eigenvalue weighted by molar-refractivity contribution is 6.30. The molecule has 1 saturated carbocycles. The van der Waals surface area contributed by atoms with Crippen molar-refractivity contribution in [2.75, 3.05) is 5.32 Å². The number of carbonyl (C=O) groups is 1. The molecule has 2 aliphatic rings. The predicted molar refractivity (Wildman–Crippen MR) is 118 cm³/mol. The van der Waals surface area contributed by atoms with Crippen molar-refractivity contribution >= 4 is 34.1 Å². The second kappa shape index (κ2) is 7.84. The maximum absolute atomic E-state index is 13.8. The quantitative estimate of drug-likeness (QED) is 0.490. The number of anilines is 1. The van der Waals surface area contributed by atoms with Crippen LogP contribution in [0.15, 0.2) is 66.4 Å². The van der Waals surface area contributed by atoms with E-state index >= 15 is 0 Å². The molecule has 1 fully saturated rings. The fourth-order valence-electron chi connectivity index (χ4n) is 5.13. The summed E-state index contributed by atoms with van der Waals surface area (Å²) < 4.78 is 13.8. The van der Waals surface area contributed by atoms with E-state index in [-0.39, 0.29) is 11.7 Å². The van der Waals surface area contributed by atoms with Crippen LogP contribution in [0.3, 0.4) is 0 Å². The highest BCUT2D eigenvalue weighted by Crippen LogP contribution is 2.51. The SMILES string of the molecule is O=C(CC1=C[C@H]2C[C@@H](c3ccnc4ccc(F)cc34)CC2C1)Nc1ccc(Cl)cc1. The molecule has 0 saturated heterocycles. The molecule has 152 valence electrons. The average molecular weight is 421 g/mol. The van der Waals surface area contributed by atoms with Gasteiger partial charge in [0.1, 0.15) is 5.82 Å². The Hall–Kier alpha value is -2.72. The number of halogens is 2. The van der Waals surface area contributed by atoms with Gasteiger partial charge >= 0.3 is 0 Å². The van der Waals surface area contributed by atoms with Gasteiger partial charge in [-0.1, -0.05) is 23.3 Å². The number of carbonyl (C=O) groups excluding carboxylic acids is 1. The fraction of sp³-hybridized carbons (Fsp3) is 0.280. The van der Waals surface area contributed by atoms with E-state index < -0.39 is 0 Å². The molecule has 2 aliphatic carbocycles. The third-order valence-electron chi connectivity index (χ3n) is 6.42. The Balaban J connectivity index is 1.26. The first-order valence-corrected chi connectivity index (χ1v) is 10.7. The van der Waals surface area contributed by atoms with Crippen LogP contribution in [0.2, 0.25) is 5.02 Å². The van der Waals surface area contributed by atoms with E-state index in [0.717, 1.165) is 35.9 Å². The molecule has 0 bridgehead atoms. The van der Waals surface area contributed by atoms with E-state index in [0.29, 0.717) is 29.2 Å². The van der Waals surface area contributed by atoms with Gasteiger partial charge in [0.2, 0.25) is 5.91 Å². The van der Waals surface area contributed by atoms with Gasteiger partial charge in [-0.15, -0.1) is 0 Å². The molecular weight excluding hydrogens is 399 g/mol. The van der Waals surface area contributed by atoms with Gasteiger partial charge < -0.3 is 5.32 Å². The largest absolute Gasteiger partial charge is 0.326 e. The summed E-state index contributed by atoms with van der Waals surface area (Å²) in [7, 11) is 0. The summed E-state index contributed by atoms with van der Waals surface area (Å²) in [5.74, 6) is 1.25. The molecule has 1 aromatic heterocycles. The zero-order chi connectivity index (χ0) is 20.7. The smallest absolute Gasteiger partial charge is 0.228 e. The van der Waals surface area contributed by atoms with Crippen molar-refractivity contribution in [3.63, 3.8) is 0 Å². The van der Waals surface area contributed by atoms with Crippen molar-refractivity contribution in [2.24, 2.45) is 11.8 Å². The minimum absolute atomic E-state index is 0.00991. The van der Waals surface area contributed by atoms with Gasteiger partial charge in [-0.3, -0.25) is 9.78 Å². The topological polar surface area (TPSA) is 42.0 Å². The van der Waals surface area contributed by atoms with Crippen LogP contribution in [0.1, 0.15) is 37.2 Å². The number of benzene rings is 2. The minimum atomic E-state index is -0.219. The fourth-order valence-corrected chi connectivity index (χ4v) is 5.26. The lowest BCUT2D eigenvalue weighted by molar-refractivity contribution is -0.115. The van der Waals surface area contributed by atoms with E-state index in [9.17, 15) is 9.18 Å². The number of rotatable bonds is 4. The summed E-state index contributed by atoms with van der Waals surface area (Å²) in [6.45, 7) is 0. The molecule has 0 radical (unpaired) electrons. The summed E-state index contributed by atoms with van der Waals surface area (Å²) >= 11 is 5.89. The lowest BCUT2D eigenvalue weighted by Gasteiger charge is -2.14. The lowest BCUT2D eigenvalue weighted by atomic mass is 9.91. The highest BCUT2D eigenvalue weighted by Gasteiger charge is 2.38. The van der Waals surface area contributed by atoms with Crippen molar-refractivity contribution in [3.8, 4) is 0 Å². The molecule has 1 amide bonds. The van der Waals surface area contributed by atoms with Gasteiger partial charge in [-0.2, -0.15) is 0 Å². The van der Waals surface area contributed by atoms with E-state index in [1.165, 1.54) is 17.2 Å². The van der Waals surface area contributed by atoms with E-state index in [2.05, 4.69) is 16.4 Å². The molecule has 2 aromatic carbocycles. The molecule has 5 rings (SSSR count). The minimum Gasteiger partial charge on any atom is -0.326 e. The number of fused-ring (bicyclic) bond motifs is 2. The van der Waals surface area contributed by atoms with E-state index in [1.54, 1.807) is 24.3 Å². The second-order valence-electron chi connectivity index (χ2n) is 8.41. The van der Waals surface area contributed by atoms with Crippen LogP contribution in [0, 0.1) is 17.7 Å². The normalized spacial score (nSPS) is 22.7. The number of nitrogens with one attached hydrogen (secondary N) is 1. The molecule has 1 heterocycles. The molecular formula is C25H22ClFN2O. The third-order valence-corrected chi connectivity index (χ3v) is 6.67. The molecule has 3 atom stereocenters. The van der Waals surface area contributed by atoms with Crippen LogP contribution in [0.5, 0.6) is 0 Å². The Kier molecular flexibility index (Phi) is 5.03. The average Bonchev–Trinajstić information content (AvgIpc) is 3.27. The van der Waals surface area contributed by atoms with Crippen molar-refractivity contribution in [3.05, 3.63) is 82.8 Å². The van der Waals surface area contributed by atoms with Crippen LogP contribution in [0.25, 0.3) is 10.9 Å². The molecule has 3 aromatic rings. The summed E-state index contributed by atoms with van der Waals surface area (Å²) in [6.07, 6.45) is 7.64. The molecule has 3 nitrogen and oxygen atoms in total. The zero-order valence-electron chi connectivity index (χ0n) is 16.4. The monoisotopic (exact) mass is 420 g/mol. The molecule has 5 heteroatoms. The van der Waals surface area contributed by atoms with Crippen molar-refractivity contribution in [1.29, 1.82) is 0 Å². The van der Waals surface area contributed by atoms with Crippen LogP contribution in [-0.2, 0) is 4.79 Å². The first-order chi connectivity index (χ1) is 14.5. The summed E-state index contributed by atoms with van der Waals surface area (Å²) in [6, 6.07) is 14.0. The van der Waals surface area contributed by atoms with E-state index in [1.807, 2.05) is 24.4 Å². The van der Waals surface area contributed by atoms with Crippen LogP contribution in [0.4, 0.5) is 10.1 Å². The maximum Gasteiger partial charge on any atom is 0.228 e. The Bertz CT molecular complexity index is 1140. The van der Waals surface area contributed by atoms with Gasteiger partial charge in [0.25, 0.3) is 0 Å². The first-order valence-electron chi connectivity index (χ1n) is 10.3. The first kappa shape index (κ1) is 19.3. The maximum atomic E-state index is 13.8. The Labute approximate surface area is 180 Å². The number of hydrogen-bond donors (Lipinski definition) is 1. The van der Waals surface area contributed by atoms with Crippen molar-refractivity contribution in [2.45, 2.75) is 31.6 Å².